The highest BCUT2D eigenvalue weighted by molar-refractivity contribution is 7.20. The van der Waals surface area contributed by atoms with E-state index in [4.69, 9.17) is 4.74 Å². The zero-order valence-corrected chi connectivity index (χ0v) is 18.3. The van der Waals surface area contributed by atoms with Gasteiger partial charge in [-0.15, -0.1) is 11.3 Å². The minimum Gasteiger partial charge on any atom is -0.497 e. The third kappa shape index (κ3) is 3.97. The van der Waals surface area contributed by atoms with Crippen LogP contribution in [-0.2, 0) is 0 Å². The molecule has 2 aromatic heterocycles. The van der Waals surface area contributed by atoms with Crippen molar-refractivity contribution in [3.05, 3.63) is 56.4 Å². The smallest absolute Gasteiger partial charge is 0.261 e. The monoisotopic (exact) mass is 426 g/mol. The second-order valence-electron chi connectivity index (χ2n) is 7.63. The van der Waals surface area contributed by atoms with Gasteiger partial charge in [-0.3, -0.25) is 14.5 Å². The summed E-state index contributed by atoms with van der Waals surface area (Å²) < 4.78 is 5.27. The Balaban J connectivity index is 1.56. The summed E-state index contributed by atoms with van der Waals surface area (Å²) in [6, 6.07) is 8.13. The van der Waals surface area contributed by atoms with Crippen LogP contribution in [0.3, 0.4) is 0 Å². The molecule has 8 heteroatoms. The van der Waals surface area contributed by atoms with Crippen LogP contribution in [0.2, 0.25) is 0 Å². The van der Waals surface area contributed by atoms with Crippen LogP contribution in [0.5, 0.6) is 5.75 Å². The van der Waals surface area contributed by atoms with Gasteiger partial charge in [0.2, 0.25) is 0 Å². The van der Waals surface area contributed by atoms with Crippen molar-refractivity contribution < 1.29 is 9.53 Å². The number of benzene rings is 1. The number of likely N-dealkylation sites (tertiary alicyclic amines) is 1. The number of nitrogens with one attached hydrogen (secondary N) is 2. The number of aryl methyl sites for hydroxylation is 2. The fraction of sp³-hybridized carbons (Fsp3) is 0.409. The van der Waals surface area contributed by atoms with E-state index < -0.39 is 0 Å². The van der Waals surface area contributed by atoms with Crippen molar-refractivity contribution in [3.8, 4) is 5.75 Å². The topological polar surface area (TPSA) is 87.3 Å². The van der Waals surface area contributed by atoms with Crippen LogP contribution in [0.25, 0.3) is 10.2 Å². The number of aromatic nitrogens is 2. The number of fused-ring (bicyclic) bond motifs is 1. The Morgan fingerprint density at radius 1 is 1.27 bits per heavy atom. The van der Waals surface area contributed by atoms with Crippen LogP contribution >= 0.6 is 11.3 Å². The Bertz CT molecular complexity index is 1110. The van der Waals surface area contributed by atoms with Crippen LogP contribution < -0.4 is 15.6 Å². The Morgan fingerprint density at radius 3 is 2.63 bits per heavy atom. The van der Waals surface area contributed by atoms with Crippen LogP contribution in [0.1, 0.15) is 45.5 Å². The molecule has 1 atom stereocenters. The minimum absolute atomic E-state index is 0.0980. The van der Waals surface area contributed by atoms with E-state index in [-0.39, 0.29) is 17.5 Å². The molecule has 1 unspecified atom stereocenters. The van der Waals surface area contributed by atoms with Gasteiger partial charge < -0.3 is 15.0 Å². The Kier molecular flexibility index (Phi) is 5.87. The number of carbonyl (C=O) groups is 1. The summed E-state index contributed by atoms with van der Waals surface area (Å²) in [5.41, 5.74) is 1.64. The van der Waals surface area contributed by atoms with Gasteiger partial charge in [-0.1, -0.05) is 12.1 Å². The largest absolute Gasteiger partial charge is 0.497 e. The van der Waals surface area contributed by atoms with Crippen LogP contribution in [-0.4, -0.2) is 47.5 Å². The molecule has 0 aliphatic carbocycles. The average molecular weight is 427 g/mol. The number of thiophene rings is 1. The minimum atomic E-state index is -0.196. The molecule has 3 aromatic rings. The number of amides is 1. The fourth-order valence-corrected chi connectivity index (χ4v) is 5.22. The normalized spacial score (nSPS) is 15.4. The quantitative estimate of drug-likeness (QED) is 0.632. The first kappa shape index (κ1) is 20.6. The molecule has 7 nitrogen and oxygen atoms in total. The third-order valence-corrected chi connectivity index (χ3v) is 6.85. The van der Waals surface area contributed by atoms with Gasteiger partial charge in [0, 0.05) is 6.54 Å². The number of H-pyrrole nitrogens is 1. The maximum Gasteiger partial charge on any atom is 0.261 e. The molecule has 158 valence electrons. The standard InChI is InChI=1S/C22H26N4O3S/c1-13-18-20(27)24-14(2)25-22(18)30-19(13)21(28)23-12-17(26-10-4-5-11-26)15-6-8-16(29-3)9-7-15/h6-9,17H,4-5,10-12H2,1-3H3,(H,23,28)(H,24,25,27). The molecule has 0 bridgehead atoms. The van der Waals surface area contributed by atoms with Gasteiger partial charge in [0.05, 0.1) is 23.4 Å². The molecule has 0 saturated carbocycles. The maximum absolute atomic E-state index is 13.0. The predicted molar refractivity (Wildman–Crippen MR) is 119 cm³/mol. The summed E-state index contributed by atoms with van der Waals surface area (Å²) in [4.78, 5) is 36.0. The first-order valence-corrected chi connectivity index (χ1v) is 11.0. The van der Waals surface area contributed by atoms with E-state index in [9.17, 15) is 9.59 Å². The number of rotatable bonds is 6. The summed E-state index contributed by atoms with van der Waals surface area (Å²) in [6.45, 7) is 6.09. The molecule has 4 rings (SSSR count). The first-order valence-electron chi connectivity index (χ1n) is 10.1. The lowest BCUT2D eigenvalue weighted by Gasteiger charge is -2.28. The van der Waals surface area contributed by atoms with E-state index >= 15 is 0 Å². The van der Waals surface area contributed by atoms with E-state index in [1.165, 1.54) is 24.2 Å². The lowest BCUT2D eigenvalue weighted by Crippen LogP contribution is -2.36. The molecule has 1 fully saturated rings. The molecule has 1 aliphatic rings. The van der Waals surface area contributed by atoms with Crippen molar-refractivity contribution in [1.82, 2.24) is 20.2 Å². The molecular formula is C22H26N4O3S. The maximum atomic E-state index is 13.0. The summed E-state index contributed by atoms with van der Waals surface area (Å²) in [5, 5.41) is 3.60. The number of carbonyl (C=O) groups excluding carboxylic acids is 1. The molecule has 30 heavy (non-hydrogen) atoms. The van der Waals surface area contributed by atoms with E-state index in [0.29, 0.717) is 33.0 Å². The summed E-state index contributed by atoms with van der Waals surface area (Å²) in [7, 11) is 1.65. The lowest BCUT2D eigenvalue weighted by atomic mass is 10.0. The van der Waals surface area contributed by atoms with Crippen LogP contribution in [0.4, 0.5) is 0 Å². The van der Waals surface area contributed by atoms with Gasteiger partial charge in [0.25, 0.3) is 11.5 Å². The van der Waals surface area contributed by atoms with Crippen molar-refractivity contribution in [2.24, 2.45) is 0 Å². The molecule has 3 heterocycles. The number of hydrogen-bond acceptors (Lipinski definition) is 6. The zero-order chi connectivity index (χ0) is 21.3. The molecule has 1 aromatic carbocycles. The Labute approximate surface area is 179 Å². The number of aromatic amines is 1. The average Bonchev–Trinajstić information content (AvgIpc) is 3.37. The molecule has 1 saturated heterocycles. The van der Waals surface area contributed by atoms with Crippen molar-refractivity contribution in [1.29, 1.82) is 0 Å². The lowest BCUT2D eigenvalue weighted by molar-refractivity contribution is 0.0941. The predicted octanol–water partition coefficient (Wildman–Crippen LogP) is 3.18. The van der Waals surface area contributed by atoms with Gasteiger partial charge in [0.15, 0.2) is 0 Å². The number of nitrogens with zero attached hydrogens (tertiary/aromatic N) is 2. The molecule has 0 radical (unpaired) electrons. The zero-order valence-electron chi connectivity index (χ0n) is 17.4. The second-order valence-corrected chi connectivity index (χ2v) is 8.63. The SMILES string of the molecule is COc1ccc(C(CNC(=O)c2sc3nc(C)[nH]c(=O)c3c2C)N2CCCC2)cc1. The van der Waals surface area contributed by atoms with E-state index in [1.54, 1.807) is 21.0 Å². The molecular weight excluding hydrogens is 400 g/mol. The van der Waals surface area contributed by atoms with E-state index in [1.807, 2.05) is 12.1 Å². The molecule has 0 spiro atoms. The number of methoxy groups -OCH3 is 1. The number of ether oxygens (including phenoxy) is 1. The second kappa shape index (κ2) is 8.57. The van der Waals surface area contributed by atoms with Crippen molar-refractivity contribution in [2.45, 2.75) is 32.7 Å². The van der Waals surface area contributed by atoms with E-state index in [0.717, 1.165) is 24.4 Å². The highest BCUT2D eigenvalue weighted by Gasteiger charge is 2.25. The van der Waals surface area contributed by atoms with Crippen LogP contribution in [0.15, 0.2) is 29.1 Å². The number of hydrogen-bond donors (Lipinski definition) is 2. The molecule has 1 amide bonds. The van der Waals surface area contributed by atoms with Gasteiger partial charge in [-0.25, -0.2) is 4.98 Å². The van der Waals surface area contributed by atoms with Gasteiger partial charge in [0.1, 0.15) is 16.4 Å². The Morgan fingerprint density at radius 2 is 1.97 bits per heavy atom. The highest BCUT2D eigenvalue weighted by atomic mass is 32.1. The van der Waals surface area contributed by atoms with Gasteiger partial charge >= 0.3 is 0 Å². The molecule has 2 N–H and O–H groups in total. The highest BCUT2D eigenvalue weighted by Crippen LogP contribution is 2.29. The first-order chi connectivity index (χ1) is 14.5. The Hall–Kier alpha value is -2.71. The van der Waals surface area contributed by atoms with Gasteiger partial charge in [-0.2, -0.15) is 0 Å². The van der Waals surface area contributed by atoms with Gasteiger partial charge in [-0.05, 0) is 63.0 Å². The fourth-order valence-electron chi connectivity index (χ4n) is 4.07. The third-order valence-electron chi connectivity index (χ3n) is 5.66. The van der Waals surface area contributed by atoms with Crippen molar-refractivity contribution in [3.63, 3.8) is 0 Å². The van der Waals surface area contributed by atoms with E-state index in [2.05, 4.69) is 32.3 Å². The summed E-state index contributed by atoms with van der Waals surface area (Å²) >= 11 is 1.27. The van der Waals surface area contributed by atoms with Crippen molar-refractivity contribution in [2.75, 3.05) is 26.7 Å². The summed E-state index contributed by atoms with van der Waals surface area (Å²) in [5.74, 6) is 1.21. The summed E-state index contributed by atoms with van der Waals surface area (Å²) in [6.07, 6.45) is 2.34. The van der Waals surface area contributed by atoms with Crippen LogP contribution in [0, 0.1) is 13.8 Å². The molecule has 1 aliphatic heterocycles. The van der Waals surface area contributed by atoms with Crippen molar-refractivity contribution >= 4 is 27.5 Å².